The van der Waals surface area contributed by atoms with Gasteiger partial charge in [0, 0.05) is 6.07 Å². The molecule has 3 N–H and O–H groups in total. The molecule has 20 heavy (non-hydrogen) atoms. The molecule has 2 aromatic carbocycles. The van der Waals surface area contributed by atoms with Crippen molar-refractivity contribution in [2.24, 2.45) is 0 Å². The number of aryl methyl sites for hydroxylation is 2. The quantitative estimate of drug-likeness (QED) is 0.855. The number of anilines is 2. The van der Waals surface area contributed by atoms with E-state index in [0.717, 1.165) is 11.6 Å². The smallest absolute Gasteiger partial charge is 0.262 e. The summed E-state index contributed by atoms with van der Waals surface area (Å²) < 4.78 is 40.2. The number of sulfonamides is 1. The summed E-state index contributed by atoms with van der Waals surface area (Å²) in [4.78, 5) is 0.154. The van der Waals surface area contributed by atoms with E-state index in [1.165, 1.54) is 12.1 Å². The number of benzene rings is 2. The predicted octanol–water partition coefficient (Wildman–Crippen LogP) is 2.83. The molecule has 0 saturated carbocycles. The molecule has 0 aliphatic heterocycles. The Kier molecular flexibility index (Phi) is 3.67. The zero-order chi connectivity index (χ0) is 14.9. The molecule has 0 atom stereocenters. The molecule has 0 aliphatic rings. The predicted molar refractivity (Wildman–Crippen MR) is 77.5 cm³/mol. The van der Waals surface area contributed by atoms with Gasteiger partial charge in [-0.1, -0.05) is 12.1 Å². The molecule has 0 amide bonds. The highest BCUT2D eigenvalue weighted by molar-refractivity contribution is 7.92. The lowest BCUT2D eigenvalue weighted by atomic mass is 10.2. The summed E-state index contributed by atoms with van der Waals surface area (Å²) in [5, 5.41) is 0. The summed E-state index contributed by atoms with van der Waals surface area (Å²) in [6.07, 6.45) is 0. The Morgan fingerprint density at radius 3 is 2.50 bits per heavy atom. The molecule has 4 nitrogen and oxygen atoms in total. The molecule has 2 aromatic rings. The Balaban J connectivity index is 2.46. The number of nitrogens with two attached hydrogens (primary N) is 1. The Bertz CT molecular complexity index is 758. The second-order valence-electron chi connectivity index (χ2n) is 4.61. The van der Waals surface area contributed by atoms with Gasteiger partial charge < -0.3 is 5.73 Å². The summed E-state index contributed by atoms with van der Waals surface area (Å²) in [6, 6.07) is 8.65. The minimum Gasteiger partial charge on any atom is -0.397 e. The van der Waals surface area contributed by atoms with Crippen molar-refractivity contribution < 1.29 is 12.8 Å². The van der Waals surface area contributed by atoms with E-state index in [1.807, 2.05) is 6.07 Å². The maximum Gasteiger partial charge on any atom is 0.262 e. The number of rotatable bonds is 3. The van der Waals surface area contributed by atoms with Crippen LogP contribution < -0.4 is 10.5 Å². The van der Waals surface area contributed by atoms with Gasteiger partial charge in [-0.15, -0.1) is 0 Å². The van der Waals surface area contributed by atoms with Crippen LogP contribution in [0.2, 0.25) is 0 Å². The minimum absolute atomic E-state index is 0.0332. The van der Waals surface area contributed by atoms with Crippen LogP contribution in [-0.2, 0) is 10.0 Å². The van der Waals surface area contributed by atoms with Gasteiger partial charge in [0.2, 0.25) is 0 Å². The van der Waals surface area contributed by atoms with Crippen LogP contribution >= 0.6 is 0 Å². The lowest BCUT2D eigenvalue weighted by Crippen LogP contribution is -2.15. The number of hydrogen-bond donors (Lipinski definition) is 2. The lowest BCUT2D eigenvalue weighted by molar-refractivity contribution is 0.600. The molecular formula is C14H15FN2O2S. The van der Waals surface area contributed by atoms with E-state index < -0.39 is 15.8 Å². The molecule has 0 bridgehead atoms. The second kappa shape index (κ2) is 5.13. The first kappa shape index (κ1) is 14.3. The van der Waals surface area contributed by atoms with Gasteiger partial charge in [-0.25, -0.2) is 12.8 Å². The molecule has 0 fully saturated rings. The molecule has 0 saturated heterocycles. The van der Waals surface area contributed by atoms with Gasteiger partial charge in [-0.2, -0.15) is 0 Å². The first-order chi connectivity index (χ1) is 9.29. The van der Waals surface area contributed by atoms with Crippen molar-refractivity contribution >= 4 is 21.4 Å². The Morgan fingerprint density at radius 2 is 1.80 bits per heavy atom. The van der Waals surface area contributed by atoms with Gasteiger partial charge in [0.1, 0.15) is 5.82 Å². The standard InChI is InChI=1S/C14H15FN2O2S/c1-9-3-4-10(2)14(7-9)20(18,19)17-13-8-11(15)5-6-12(13)16/h3-8,17H,16H2,1-2H3. The van der Waals surface area contributed by atoms with Gasteiger partial charge in [0.15, 0.2) is 0 Å². The van der Waals surface area contributed by atoms with Crippen molar-refractivity contribution in [3.63, 3.8) is 0 Å². The van der Waals surface area contributed by atoms with Crippen LogP contribution in [0.4, 0.5) is 15.8 Å². The molecule has 0 radical (unpaired) electrons. The molecule has 0 heterocycles. The van der Waals surface area contributed by atoms with E-state index in [0.29, 0.717) is 5.56 Å². The van der Waals surface area contributed by atoms with Crippen molar-refractivity contribution in [3.05, 3.63) is 53.3 Å². The average molecular weight is 294 g/mol. The van der Waals surface area contributed by atoms with Crippen LogP contribution in [0.3, 0.4) is 0 Å². The van der Waals surface area contributed by atoms with Crippen LogP contribution in [0.5, 0.6) is 0 Å². The SMILES string of the molecule is Cc1ccc(C)c(S(=O)(=O)Nc2cc(F)ccc2N)c1. The maximum absolute atomic E-state index is 13.2. The van der Waals surface area contributed by atoms with Crippen LogP contribution in [0.1, 0.15) is 11.1 Å². The molecular weight excluding hydrogens is 279 g/mol. The third-order valence-corrected chi connectivity index (χ3v) is 4.40. The molecule has 2 rings (SSSR count). The Morgan fingerprint density at radius 1 is 1.10 bits per heavy atom. The number of hydrogen-bond acceptors (Lipinski definition) is 3. The fourth-order valence-corrected chi connectivity index (χ4v) is 3.22. The number of halogens is 1. The van der Waals surface area contributed by atoms with Crippen molar-refractivity contribution in [3.8, 4) is 0 Å². The number of nitrogens with one attached hydrogen (secondary N) is 1. The molecule has 6 heteroatoms. The van der Waals surface area contributed by atoms with E-state index in [9.17, 15) is 12.8 Å². The molecule has 0 aliphatic carbocycles. The maximum atomic E-state index is 13.2. The highest BCUT2D eigenvalue weighted by Crippen LogP contribution is 2.25. The van der Waals surface area contributed by atoms with Crippen LogP contribution in [0, 0.1) is 19.7 Å². The normalized spacial score (nSPS) is 11.3. The summed E-state index contributed by atoms with van der Waals surface area (Å²) in [5.74, 6) is -0.558. The summed E-state index contributed by atoms with van der Waals surface area (Å²) in [5.41, 5.74) is 7.28. The zero-order valence-electron chi connectivity index (χ0n) is 11.1. The molecule has 0 aromatic heterocycles. The van der Waals surface area contributed by atoms with E-state index in [-0.39, 0.29) is 16.3 Å². The molecule has 0 spiro atoms. The Labute approximate surface area is 117 Å². The van der Waals surface area contributed by atoms with Crippen LogP contribution in [0.15, 0.2) is 41.3 Å². The summed E-state index contributed by atoms with van der Waals surface area (Å²) >= 11 is 0. The third-order valence-electron chi connectivity index (χ3n) is 2.89. The Hall–Kier alpha value is -2.08. The van der Waals surface area contributed by atoms with Crippen LogP contribution in [0.25, 0.3) is 0 Å². The summed E-state index contributed by atoms with van der Waals surface area (Å²) in [6.45, 7) is 3.50. The van der Waals surface area contributed by atoms with Gasteiger partial charge in [-0.05, 0) is 43.2 Å². The number of nitrogen functional groups attached to an aromatic ring is 1. The van der Waals surface area contributed by atoms with Crippen LogP contribution in [-0.4, -0.2) is 8.42 Å². The topological polar surface area (TPSA) is 72.2 Å². The highest BCUT2D eigenvalue weighted by atomic mass is 32.2. The van der Waals surface area contributed by atoms with E-state index in [2.05, 4.69) is 4.72 Å². The van der Waals surface area contributed by atoms with Crippen molar-refractivity contribution in [2.75, 3.05) is 10.5 Å². The van der Waals surface area contributed by atoms with Gasteiger partial charge in [0.25, 0.3) is 10.0 Å². The van der Waals surface area contributed by atoms with E-state index >= 15 is 0 Å². The minimum atomic E-state index is -3.80. The monoisotopic (exact) mass is 294 g/mol. The molecule has 0 unspecified atom stereocenters. The largest absolute Gasteiger partial charge is 0.397 e. The van der Waals surface area contributed by atoms with Crippen molar-refractivity contribution in [1.82, 2.24) is 0 Å². The second-order valence-corrected chi connectivity index (χ2v) is 6.26. The first-order valence-corrected chi connectivity index (χ1v) is 7.43. The van der Waals surface area contributed by atoms with Gasteiger partial charge in [0.05, 0.1) is 16.3 Å². The highest BCUT2D eigenvalue weighted by Gasteiger charge is 2.18. The fourth-order valence-electron chi connectivity index (χ4n) is 1.81. The van der Waals surface area contributed by atoms with Gasteiger partial charge in [-0.3, -0.25) is 4.72 Å². The van der Waals surface area contributed by atoms with Gasteiger partial charge >= 0.3 is 0 Å². The van der Waals surface area contributed by atoms with Crippen molar-refractivity contribution in [1.29, 1.82) is 0 Å². The fraction of sp³-hybridized carbons (Fsp3) is 0.143. The average Bonchev–Trinajstić information content (AvgIpc) is 2.36. The third kappa shape index (κ3) is 2.91. The summed E-state index contributed by atoms with van der Waals surface area (Å²) in [7, 11) is -3.80. The zero-order valence-corrected chi connectivity index (χ0v) is 12.0. The van der Waals surface area contributed by atoms with E-state index in [1.54, 1.807) is 26.0 Å². The van der Waals surface area contributed by atoms with Crippen molar-refractivity contribution in [2.45, 2.75) is 18.7 Å². The molecule has 106 valence electrons. The van der Waals surface area contributed by atoms with E-state index in [4.69, 9.17) is 5.73 Å². The lowest BCUT2D eigenvalue weighted by Gasteiger charge is -2.12. The first-order valence-electron chi connectivity index (χ1n) is 5.95.